The van der Waals surface area contributed by atoms with Crippen LogP contribution in [0, 0.1) is 12.7 Å². The van der Waals surface area contributed by atoms with Crippen molar-refractivity contribution in [2.75, 3.05) is 19.7 Å². The van der Waals surface area contributed by atoms with Gasteiger partial charge in [0.25, 0.3) is 5.91 Å². The summed E-state index contributed by atoms with van der Waals surface area (Å²) in [6.07, 6.45) is 0.742. The van der Waals surface area contributed by atoms with E-state index >= 15 is 0 Å². The number of piperazine rings is 1. The average Bonchev–Trinajstić information content (AvgIpc) is 2.70. The summed E-state index contributed by atoms with van der Waals surface area (Å²) in [5.74, 6) is 0.134. The number of carbonyl (C=O) groups excluding carboxylic acids is 2. The number of carbonyl (C=O) groups is 2. The maximum absolute atomic E-state index is 13.1. The first-order chi connectivity index (χ1) is 13.9. The Morgan fingerprint density at radius 1 is 1.14 bits per heavy atom. The summed E-state index contributed by atoms with van der Waals surface area (Å²) < 4.78 is 18.8. The zero-order valence-corrected chi connectivity index (χ0v) is 17.1. The van der Waals surface area contributed by atoms with Crippen molar-refractivity contribution in [3.63, 3.8) is 0 Å². The maximum atomic E-state index is 13.1. The second-order valence-corrected chi connectivity index (χ2v) is 7.70. The molecule has 2 aromatic rings. The molecule has 2 unspecified atom stereocenters. The fraction of sp³-hybridized carbons (Fsp3) is 0.391. The van der Waals surface area contributed by atoms with E-state index in [4.69, 9.17) is 4.74 Å². The second kappa shape index (κ2) is 9.18. The van der Waals surface area contributed by atoms with Crippen LogP contribution in [-0.4, -0.2) is 53.8 Å². The standard InChI is InChI=1S/C23H27FN2O3/c1-16-5-4-6-20(14-27)23(16)29-15-22(28)26-12-17(2)25(11-18(26)3)13-19-7-9-21(24)10-8-19/h4-10,14,17-18H,11-13,15H2,1-3H3. The van der Waals surface area contributed by atoms with Crippen molar-refractivity contribution in [1.82, 2.24) is 9.80 Å². The van der Waals surface area contributed by atoms with Gasteiger partial charge in [-0.2, -0.15) is 0 Å². The minimum Gasteiger partial charge on any atom is -0.483 e. The van der Waals surface area contributed by atoms with Crippen LogP contribution in [0.25, 0.3) is 0 Å². The fourth-order valence-electron chi connectivity index (χ4n) is 3.77. The Bertz CT molecular complexity index is 869. The zero-order valence-electron chi connectivity index (χ0n) is 17.1. The molecule has 1 fully saturated rings. The Morgan fingerprint density at radius 2 is 1.86 bits per heavy atom. The third-order valence-electron chi connectivity index (χ3n) is 5.44. The van der Waals surface area contributed by atoms with Crippen molar-refractivity contribution in [2.45, 2.75) is 39.4 Å². The molecule has 1 saturated heterocycles. The summed E-state index contributed by atoms with van der Waals surface area (Å²) in [5, 5.41) is 0. The Labute approximate surface area is 171 Å². The van der Waals surface area contributed by atoms with E-state index in [1.165, 1.54) is 12.1 Å². The highest BCUT2D eigenvalue weighted by molar-refractivity contribution is 5.81. The van der Waals surface area contributed by atoms with Gasteiger partial charge in [-0.1, -0.05) is 24.3 Å². The smallest absolute Gasteiger partial charge is 0.260 e. The summed E-state index contributed by atoms with van der Waals surface area (Å²) in [6, 6.07) is 12.1. The van der Waals surface area contributed by atoms with Gasteiger partial charge in [-0.15, -0.1) is 0 Å². The Balaban J connectivity index is 1.60. The molecule has 0 spiro atoms. The summed E-state index contributed by atoms with van der Waals surface area (Å²) in [5.41, 5.74) is 2.32. The molecule has 2 atom stereocenters. The van der Waals surface area contributed by atoms with E-state index in [2.05, 4.69) is 11.8 Å². The number of para-hydroxylation sites is 1. The van der Waals surface area contributed by atoms with Crippen LogP contribution in [0.4, 0.5) is 4.39 Å². The molecule has 154 valence electrons. The Hall–Kier alpha value is -2.73. The van der Waals surface area contributed by atoms with E-state index in [1.54, 1.807) is 24.3 Å². The fourth-order valence-corrected chi connectivity index (χ4v) is 3.77. The highest BCUT2D eigenvalue weighted by Crippen LogP contribution is 2.23. The van der Waals surface area contributed by atoms with Crippen molar-refractivity contribution in [1.29, 1.82) is 0 Å². The molecule has 6 heteroatoms. The van der Waals surface area contributed by atoms with Crippen LogP contribution in [0.1, 0.15) is 35.3 Å². The van der Waals surface area contributed by atoms with Gasteiger partial charge in [-0.3, -0.25) is 14.5 Å². The lowest BCUT2D eigenvalue weighted by atomic mass is 10.1. The molecular formula is C23H27FN2O3. The number of rotatable bonds is 6. The summed E-state index contributed by atoms with van der Waals surface area (Å²) in [4.78, 5) is 28.2. The summed E-state index contributed by atoms with van der Waals surface area (Å²) in [7, 11) is 0. The SMILES string of the molecule is Cc1cccc(C=O)c1OCC(=O)N1CC(C)N(Cc2ccc(F)cc2)CC1C. The maximum Gasteiger partial charge on any atom is 0.260 e. The lowest BCUT2D eigenvalue weighted by molar-refractivity contribution is -0.139. The van der Waals surface area contributed by atoms with E-state index in [-0.39, 0.29) is 30.4 Å². The van der Waals surface area contributed by atoms with Crippen LogP contribution < -0.4 is 4.74 Å². The van der Waals surface area contributed by atoms with Crippen LogP contribution >= 0.6 is 0 Å². The summed E-state index contributed by atoms with van der Waals surface area (Å²) >= 11 is 0. The molecule has 0 saturated carbocycles. The highest BCUT2D eigenvalue weighted by atomic mass is 19.1. The van der Waals surface area contributed by atoms with E-state index in [0.29, 0.717) is 17.9 Å². The number of nitrogens with zero attached hydrogens (tertiary/aromatic N) is 2. The molecule has 5 nitrogen and oxygen atoms in total. The number of benzene rings is 2. The zero-order chi connectivity index (χ0) is 21.0. The molecule has 0 N–H and O–H groups in total. The van der Waals surface area contributed by atoms with Crippen molar-refractivity contribution in [3.8, 4) is 5.75 Å². The number of aldehydes is 1. The van der Waals surface area contributed by atoms with Gasteiger partial charge in [-0.05, 0) is 50.1 Å². The van der Waals surface area contributed by atoms with Crippen molar-refractivity contribution >= 4 is 12.2 Å². The number of ether oxygens (including phenoxy) is 1. The van der Waals surface area contributed by atoms with Gasteiger partial charge in [0, 0.05) is 31.7 Å². The molecule has 0 radical (unpaired) electrons. The minimum absolute atomic E-state index is 0.0326. The van der Waals surface area contributed by atoms with Crippen LogP contribution in [-0.2, 0) is 11.3 Å². The number of hydrogen-bond acceptors (Lipinski definition) is 4. The van der Waals surface area contributed by atoms with Crippen molar-refractivity contribution in [3.05, 3.63) is 65.0 Å². The number of aryl methyl sites for hydroxylation is 1. The van der Waals surface area contributed by atoms with Crippen LogP contribution in [0.5, 0.6) is 5.75 Å². The van der Waals surface area contributed by atoms with Gasteiger partial charge in [0.15, 0.2) is 12.9 Å². The predicted molar refractivity (Wildman–Crippen MR) is 110 cm³/mol. The lowest BCUT2D eigenvalue weighted by Crippen LogP contribution is -2.58. The number of halogens is 1. The van der Waals surface area contributed by atoms with Crippen molar-refractivity contribution in [2.24, 2.45) is 0 Å². The summed E-state index contributed by atoms with van der Waals surface area (Å²) in [6.45, 7) is 7.91. The first-order valence-electron chi connectivity index (χ1n) is 9.84. The second-order valence-electron chi connectivity index (χ2n) is 7.70. The molecule has 0 aliphatic carbocycles. The third kappa shape index (κ3) is 5.01. The Kier molecular flexibility index (Phi) is 6.64. The first-order valence-corrected chi connectivity index (χ1v) is 9.84. The van der Waals surface area contributed by atoms with Crippen LogP contribution in [0.2, 0.25) is 0 Å². The predicted octanol–water partition coefficient (Wildman–Crippen LogP) is 3.45. The third-order valence-corrected chi connectivity index (χ3v) is 5.44. The van der Waals surface area contributed by atoms with E-state index in [9.17, 15) is 14.0 Å². The van der Waals surface area contributed by atoms with Crippen molar-refractivity contribution < 1.29 is 18.7 Å². The van der Waals surface area contributed by atoms with Gasteiger partial charge >= 0.3 is 0 Å². The van der Waals surface area contributed by atoms with E-state index in [1.807, 2.05) is 24.8 Å². The largest absolute Gasteiger partial charge is 0.483 e. The quantitative estimate of drug-likeness (QED) is 0.700. The minimum atomic E-state index is -0.239. The molecule has 0 aromatic heterocycles. The van der Waals surface area contributed by atoms with Crippen LogP contribution in [0.3, 0.4) is 0 Å². The molecule has 2 aromatic carbocycles. The molecule has 1 aliphatic heterocycles. The molecule has 1 heterocycles. The molecule has 0 bridgehead atoms. The molecule has 1 aliphatic rings. The van der Waals surface area contributed by atoms with Gasteiger partial charge in [0.2, 0.25) is 0 Å². The van der Waals surface area contributed by atoms with Gasteiger partial charge in [0.1, 0.15) is 11.6 Å². The number of amides is 1. The molecule has 3 rings (SSSR count). The monoisotopic (exact) mass is 398 g/mol. The topological polar surface area (TPSA) is 49.9 Å². The normalized spacial score (nSPS) is 19.8. The Morgan fingerprint density at radius 3 is 2.55 bits per heavy atom. The lowest BCUT2D eigenvalue weighted by Gasteiger charge is -2.44. The van der Waals surface area contributed by atoms with Gasteiger partial charge in [0.05, 0.1) is 5.56 Å². The first kappa shape index (κ1) is 21.0. The van der Waals surface area contributed by atoms with Gasteiger partial charge < -0.3 is 9.64 Å². The number of hydrogen-bond donors (Lipinski definition) is 0. The van der Waals surface area contributed by atoms with E-state index in [0.717, 1.165) is 30.5 Å². The average molecular weight is 398 g/mol. The van der Waals surface area contributed by atoms with E-state index < -0.39 is 0 Å². The molecule has 29 heavy (non-hydrogen) atoms. The van der Waals surface area contributed by atoms with Crippen LogP contribution in [0.15, 0.2) is 42.5 Å². The molecular weight excluding hydrogens is 371 g/mol. The van der Waals surface area contributed by atoms with Gasteiger partial charge in [-0.25, -0.2) is 4.39 Å². The molecule has 1 amide bonds. The highest BCUT2D eigenvalue weighted by Gasteiger charge is 2.32.